The molecule has 1 aliphatic heterocycles. The van der Waals surface area contributed by atoms with Crippen LogP contribution in [0.3, 0.4) is 0 Å². The molecule has 142 valence electrons. The van der Waals surface area contributed by atoms with Crippen molar-refractivity contribution in [1.82, 2.24) is 9.80 Å². The Labute approximate surface area is 164 Å². The van der Waals surface area contributed by atoms with Crippen LogP contribution in [0.5, 0.6) is 0 Å². The topological polar surface area (TPSA) is 81.5 Å². The van der Waals surface area contributed by atoms with Crippen LogP contribution < -0.4 is 0 Å². The lowest BCUT2D eigenvalue weighted by Gasteiger charge is -2.22. The molecule has 0 saturated carbocycles. The van der Waals surface area contributed by atoms with Gasteiger partial charge in [0.05, 0.1) is 29.7 Å². The van der Waals surface area contributed by atoms with E-state index in [9.17, 15) is 14.4 Å². The molecule has 0 aromatic heterocycles. The third-order valence-corrected chi connectivity index (χ3v) is 4.78. The third kappa shape index (κ3) is 3.65. The lowest BCUT2D eigenvalue weighted by molar-refractivity contribution is 0.0642. The van der Waals surface area contributed by atoms with Crippen LogP contribution >= 0.6 is 0 Å². The zero-order valence-electron chi connectivity index (χ0n) is 15.9. The zero-order chi connectivity index (χ0) is 20.3. The van der Waals surface area contributed by atoms with Gasteiger partial charge >= 0.3 is 0 Å². The van der Waals surface area contributed by atoms with Crippen molar-refractivity contribution in [2.24, 2.45) is 5.92 Å². The summed E-state index contributed by atoms with van der Waals surface area (Å²) in [4.78, 5) is 41.0. The fourth-order valence-corrected chi connectivity index (χ4v) is 3.24. The Morgan fingerprint density at radius 1 is 1.11 bits per heavy atom. The number of fused-ring (bicyclic) bond motifs is 1. The summed E-state index contributed by atoms with van der Waals surface area (Å²) in [6, 6.07) is 16.0. The molecule has 1 aliphatic rings. The number of rotatable bonds is 6. The van der Waals surface area contributed by atoms with Crippen LogP contribution in [0.25, 0.3) is 0 Å². The van der Waals surface area contributed by atoms with E-state index in [-0.39, 0.29) is 29.8 Å². The molecule has 0 fully saturated rings. The molecule has 6 heteroatoms. The van der Waals surface area contributed by atoms with E-state index in [2.05, 4.69) is 6.07 Å². The van der Waals surface area contributed by atoms with Gasteiger partial charge in [-0.1, -0.05) is 30.3 Å². The number of amides is 3. The van der Waals surface area contributed by atoms with Crippen LogP contribution in [-0.2, 0) is 6.54 Å². The van der Waals surface area contributed by atoms with E-state index in [1.165, 1.54) is 17.0 Å². The zero-order valence-corrected chi connectivity index (χ0v) is 15.9. The first-order valence-electron chi connectivity index (χ1n) is 9.19. The lowest BCUT2D eigenvalue weighted by Crippen LogP contribution is -2.34. The average molecular weight is 375 g/mol. The van der Waals surface area contributed by atoms with Crippen molar-refractivity contribution >= 4 is 17.7 Å². The summed E-state index contributed by atoms with van der Waals surface area (Å²) in [5.74, 6) is -1.29. The van der Waals surface area contributed by atoms with Gasteiger partial charge in [-0.05, 0) is 37.6 Å². The minimum atomic E-state index is -0.396. The van der Waals surface area contributed by atoms with Crippen molar-refractivity contribution in [1.29, 1.82) is 5.26 Å². The molecule has 1 unspecified atom stereocenters. The molecular weight excluding hydrogens is 354 g/mol. The Balaban J connectivity index is 1.85. The predicted molar refractivity (Wildman–Crippen MR) is 103 cm³/mol. The van der Waals surface area contributed by atoms with E-state index in [0.29, 0.717) is 24.2 Å². The second-order valence-corrected chi connectivity index (χ2v) is 6.82. The average Bonchev–Trinajstić information content (AvgIpc) is 2.96. The van der Waals surface area contributed by atoms with Crippen molar-refractivity contribution in [2.75, 3.05) is 13.1 Å². The molecule has 6 nitrogen and oxygen atoms in total. The van der Waals surface area contributed by atoms with E-state index >= 15 is 0 Å². The van der Waals surface area contributed by atoms with E-state index < -0.39 is 5.91 Å². The summed E-state index contributed by atoms with van der Waals surface area (Å²) >= 11 is 0. The number of carbonyl (C=O) groups is 3. The van der Waals surface area contributed by atoms with Crippen LogP contribution in [0.1, 0.15) is 50.5 Å². The van der Waals surface area contributed by atoms with Crippen molar-refractivity contribution in [2.45, 2.75) is 20.4 Å². The second kappa shape index (κ2) is 8.05. The maximum absolute atomic E-state index is 12.8. The van der Waals surface area contributed by atoms with Crippen LogP contribution in [0, 0.1) is 17.2 Å². The summed E-state index contributed by atoms with van der Waals surface area (Å²) < 4.78 is 0. The van der Waals surface area contributed by atoms with Crippen molar-refractivity contribution in [3.05, 3.63) is 70.8 Å². The number of nitrogens with zero attached hydrogens (tertiary/aromatic N) is 3. The Morgan fingerprint density at radius 2 is 1.79 bits per heavy atom. The van der Waals surface area contributed by atoms with Gasteiger partial charge in [-0.3, -0.25) is 19.3 Å². The molecule has 0 saturated heterocycles. The van der Waals surface area contributed by atoms with E-state index in [0.717, 1.165) is 5.56 Å². The fourth-order valence-electron chi connectivity index (χ4n) is 3.24. The molecule has 2 aromatic rings. The largest absolute Gasteiger partial charge is 0.338 e. The first kappa shape index (κ1) is 19.3. The molecule has 0 aliphatic carbocycles. The molecule has 1 atom stereocenters. The molecule has 3 rings (SSSR count). The molecule has 28 heavy (non-hydrogen) atoms. The molecule has 3 amide bonds. The fraction of sp³-hybridized carbons (Fsp3) is 0.273. The summed E-state index contributed by atoms with van der Waals surface area (Å²) in [6.45, 7) is 4.55. The van der Waals surface area contributed by atoms with Gasteiger partial charge in [0.2, 0.25) is 0 Å². The summed E-state index contributed by atoms with van der Waals surface area (Å²) in [7, 11) is 0. The Kier molecular flexibility index (Phi) is 5.55. The second-order valence-electron chi connectivity index (χ2n) is 6.82. The highest BCUT2D eigenvalue weighted by atomic mass is 16.2. The standard InChI is InChI=1S/C22H21N3O3/c1-3-24(13-15(2)12-23)20(26)17-9-10-18-19(11-17)22(28)25(21(18)27)14-16-7-5-4-6-8-16/h4-11,15H,3,13-14H2,1-2H3. The maximum Gasteiger partial charge on any atom is 0.261 e. The molecular formula is C22H21N3O3. The van der Waals surface area contributed by atoms with Crippen molar-refractivity contribution < 1.29 is 14.4 Å². The van der Waals surface area contributed by atoms with Gasteiger partial charge in [-0.2, -0.15) is 5.26 Å². The van der Waals surface area contributed by atoms with Crippen LogP contribution in [0.2, 0.25) is 0 Å². The SMILES string of the molecule is CCN(CC(C)C#N)C(=O)c1ccc2c(c1)C(=O)N(Cc1ccccc1)C2=O. The smallest absolute Gasteiger partial charge is 0.261 e. The maximum atomic E-state index is 12.8. The van der Waals surface area contributed by atoms with Crippen LogP contribution in [0.15, 0.2) is 48.5 Å². The number of benzene rings is 2. The van der Waals surface area contributed by atoms with E-state index in [1.807, 2.05) is 37.3 Å². The van der Waals surface area contributed by atoms with E-state index in [4.69, 9.17) is 5.26 Å². The van der Waals surface area contributed by atoms with E-state index in [1.54, 1.807) is 17.9 Å². The normalized spacial score (nSPS) is 13.8. The number of hydrogen-bond donors (Lipinski definition) is 0. The highest BCUT2D eigenvalue weighted by Gasteiger charge is 2.36. The molecule has 0 bridgehead atoms. The number of carbonyl (C=O) groups excluding carboxylic acids is 3. The van der Waals surface area contributed by atoms with Gasteiger partial charge in [0.1, 0.15) is 0 Å². The molecule has 0 N–H and O–H groups in total. The highest BCUT2D eigenvalue weighted by Crippen LogP contribution is 2.26. The number of imide groups is 1. The minimum absolute atomic E-state index is 0.192. The Morgan fingerprint density at radius 3 is 2.43 bits per heavy atom. The Bertz CT molecular complexity index is 963. The van der Waals surface area contributed by atoms with Gasteiger partial charge in [0.25, 0.3) is 17.7 Å². The van der Waals surface area contributed by atoms with Crippen LogP contribution in [0.4, 0.5) is 0 Å². The minimum Gasteiger partial charge on any atom is -0.338 e. The summed E-state index contributed by atoms with van der Waals surface area (Å²) in [5.41, 5.74) is 1.76. The van der Waals surface area contributed by atoms with Crippen molar-refractivity contribution in [3.63, 3.8) is 0 Å². The first-order chi connectivity index (χ1) is 13.5. The monoisotopic (exact) mass is 375 g/mol. The van der Waals surface area contributed by atoms with Gasteiger partial charge < -0.3 is 4.90 Å². The lowest BCUT2D eigenvalue weighted by atomic mass is 10.0. The molecule has 1 heterocycles. The number of nitriles is 1. The van der Waals surface area contributed by atoms with Gasteiger partial charge in [-0.25, -0.2) is 0 Å². The van der Waals surface area contributed by atoms with Gasteiger partial charge in [0, 0.05) is 18.7 Å². The molecule has 0 spiro atoms. The molecule has 2 aromatic carbocycles. The first-order valence-corrected chi connectivity index (χ1v) is 9.19. The summed E-state index contributed by atoms with van der Waals surface area (Å²) in [6.07, 6.45) is 0. The van der Waals surface area contributed by atoms with Crippen molar-refractivity contribution in [3.8, 4) is 6.07 Å². The van der Waals surface area contributed by atoms with Gasteiger partial charge in [0.15, 0.2) is 0 Å². The Hall–Kier alpha value is -3.46. The quantitative estimate of drug-likeness (QED) is 0.727. The number of hydrogen-bond acceptors (Lipinski definition) is 4. The highest BCUT2D eigenvalue weighted by molar-refractivity contribution is 6.22. The van der Waals surface area contributed by atoms with Crippen LogP contribution in [-0.4, -0.2) is 40.6 Å². The van der Waals surface area contributed by atoms with Gasteiger partial charge in [-0.15, -0.1) is 0 Å². The predicted octanol–water partition coefficient (Wildman–Crippen LogP) is 3.10. The molecule has 0 radical (unpaired) electrons. The summed E-state index contributed by atoms with van der Waals surface area (Å²) in [5, 5.41) is 9.00. The third-order valence-electron chi connectivity index (χ3n) is 4.78.